The van der Waals surface area contributed by atoms with Crippen molar-refractivity contribution in [3.05, 3.63) is 0 Å². The predicted molar refractivity (Wildman–Crippen MR) is 71.6 cm³/mol. The van der Waals surface area contributed by atoms with Crippen LogP contribution in [0.1, 0.15) is 52.9 Å². The Morgan fingerprint density at radius 3 is 2.41 bits per heavy atom. The Balaban J connectivity index is 2.33. The molecule has 0 heterocycles. The highest BCUT2D eigenvalue weighted by Gasteiger charge is 2.31. The zero-order valence-corrected chi connectivity index (χ0v) is 11.6. The Morgan fingerprint density at radius 2 is 2.00 bits per heavy atom. The normalized spacial score (nSPS) is 17.2. The first-order valence-corrected chi connectivity index (χ1v) is 7.09. The summed E-state index contributed by atoms with van der Waals surface area (Å²) < 4.78 is 0. The highest BCUT2D eigenvalue weighted by atomic mass is 16.2. The molecular formula is C14H28N2O. The van der Waals surface area contributed by atoms with Crippen molar-refractivity contribution in [2.45, 2.75) is 58.9 Å². The molecule has 0 spiro atoms. The molecule has 0 aromatic heterocycles. The lowest BCUT2D eigenvalue weighted by molar-refractivity contribution is -0.131. The van der Waals surface area contributed by atoms with Crippen molar-refractivity contribution in [2.75, 3.05) is 13.1 Å². The summed E-state index contributed by atoms with van der Waals surface area (Å²) in [5.41, 5.74) is 5.62. The molecule has 0 aliphatic heterocycles. The molecule has 1 atom stereocenters. The maximum absolute atomic E-state index is 12.1. The van der Waals surface area contributed by atoms with E-state index in [9.17, 15) is 4.79 Å². The first kappa shape index (κ1) is 14.5. The Labute approximate surface area is 106 Å². The third-order valence-corrected chi connectivity index (χ3v) is 3.86. The summed E-state index contributed by atoms with van der Waals surface area (Å²) in [5, 5.41) is 0. The highest BCUT2D eigenvalue weighted by Crippen LogP contribution is 2.28. The van der Waals surface area contributed by atoms with Crippen LogP contribution < -0.4 is 5.73 Å². The second kappa shape index (κ2) is 7.00. The summed E-state index contributed by atoms with van der Waals surface area (Å²) in [6, 6.07) is 0.555. The van der Waals surface area contributed by atoms with E-state index < -0.39 is 0 Å². The fourth-order valence-corrected chi connectivity index (χ4v) is 2.50. The number of nitrogens with zero attached hydrogens (tertiary/aromatic N) is 1. The van der Waals surface area contributed by atoms with Crippen molar-refractivity contribution in [1.29, 1.82) is 0 Å². The van der Waals surface area contributed by atoms with E-state index in [4.69, 9.17) is 5.73 Å². The van der Waals surface area contributed by atoms with Crippen molar-refractivity contribution in [1.82, 2.24) is 4.90 Å². The van der Waals surface area contributed by atoms with E-state index in [0.717, 1.165) is 25.9 Å². The van der Waals surface area contributed by atoms with Crippen LogP contribution in [0.2, 0.25) is 0 Å². The van der Waals surface area contributed by atoms with E-state index >= 15 is 0 Å². The van der Waals surface area contributed by atoms with Gasteiger partial charge in [-0.05, 0) is 51.0 Å². The SMILES string of the molecule is CCN(C(=O)CCC(CCN)C(C)C)C1CC1. The molecule has 1 unspecified atom stereocenters. The second-order valence-electron chi connectivity index (χ2n) is 5.53. The highest BCUT2D eigenvalue weighted by molar-refractivity contribution is 5.76. The molecule has 100 valence electrons. The lowest BCUT2D eigenvalue weighted by Gasteiger charge is -2.24. The number of carbonyl (C=O) groups is 1. The van der Waals surface area contributed by atoms with Gasteiger partial charge in [0.05, 0.1) is 0 Å². The average Bonchev–Trinajstić information content (AvgIpc) is 3.09. The van der Waals surface area contributed by atoms with Gasteiger partial charge in [0.1, 0.15) is 0 Å². The van der Waals surface area contributed by atoms with Crippen LogP contribution in [-0.4, -0.2) is 29.9 Å². The van der Waals surface area contributed by atoms with Gasteiger partial charge in [0.2, 0.25) is 5.91 Å². The van der Waals surface area contributed by atoms with Gasteiger partial charge in [-0.2, -0.15) is 0 Å². The van der Waals surface area contributed by atoms with E-state index in [-0.39, 0.29) is 0 Å². The summed E-state index contributed by atoms with van der Waals surface area (Å²) in [5.74, 6) is 1.57. The minimum Gasteiger partial charge on any atom is -0.340 e. The van der Waals surface area contributed by atoms with E-state index in [1.807, 2.05) is 0 Å². The van der Waals surface area contributed by atoms with Crippen LogP contribution in [0.15, 0.2) is 0 Å². The first-order valence-electron chi connectivity index (χ1n) is 7.09. The molecule has 0 radical (unpaired) electrons. The topological polar surface area (TPSA) is 46.3 Å². The van der Waals surface area contributed by atoms with Crippen LogP contribution in [0.3, 0.4) is 0 Å². The molecule has 1 fully saturated rings. The first-order chi connectivity index (χ1) is 8.10. The van der Waals surface area contributed by atoms with Gasteiger partial charge in [0.15, 0.2) is 0 Å². The van der Waals surface area contributed by atoms with Gasteiger partial charge < -0.3 is 10.6 Å². The van der Waals surface area contributed by atoms with Crippen LogP contribution in [0.5, 0.6) is 0 Å². The number of hydrogen-bond donors (Lipinski definition) is 1. The fraction of sp³-hybridized carbons (Fsp3) is 0.929. The third kappa shape index (κ3) is 4.66. The smallest absolute Gasteiger partial charge is 0.222 e. The average molecular weight is 240 g/mol. The molecule has 0 aromatic carbocycles. The van der Waals surface area contributed by atoms with Gasteiger partial charge in [-0.1, -0.05) is 13.8 Å². The number of nitrogens with two attached hydrogens (primary N) is 1. The van der Waals surface area contributed by atoms with Crippen LogP contribution in [0, 0.1) is 11.8 Å². The Bertz CT molecular complexity index is 236. The molecule has 0 saturated heterocycles. The molecule has 2 N–H and O–H groups in total. The van der Waals surface area contributed by atoms with Crippen LogP contribution >= 0.6 is 0 Å². The van der Waals surface area contributed by atoms with Gasteiger partial charge in [-0.15, -0.1) is 0 Å². The zero-order valence-electron chi connectivity index (χ0n) is 11.6. The predicted octanol–water partition coefficient (Wildman–Crippen LogP) is 2.40. The number of amides is 1. The minimum absolute atomic E-state index is 0.345. The molecule has 1 aliphatic carbocycles. The summed E-state index contributed by atoms with van der Waals surface area (Å²) in [6.45, 7) is 8.13. The summed E-state index contributed by atoms with van der Waals surface area (Å²) in [6.07, 6.45) is 5.15. The van der Waals surface area contributed by atoms with Gasteiger partial charge in [-0.3, -0.25) is 4.79 Å². The summed E-state index contributed by atoms with van der Waals surface area (Å²) in [7, 11) is 0. The molecule has 1 amide bonds. The van der Waals surface area contributed by atoms with Crippen molar-refractivity contribution in [3.8, 4) is 0 Å². The molecule has 1 rings (SSSR count). The van der Waals surface area contributed by atoms with Gasteiger partial charge in [-0.25, -0.2) is 0 Å². The van der Waals surface area contributed by atoms with E-state index in [1.54, 1.807) is 0 Å². The summed E-state index contributed by atoms with van der Waals surface area (Å²) >= 11 is 0. The van der Waals surface area contributed by atoms with Gasteiger partial charge in [0, 0.05) is 19.0 Å². The molecule has 17 heavy (non-hydrogen) atoms. The Kier molecular flexibility index (Phi) is 5.96. The molecule has 1 aliphatic rings. The quantitative estimate of drug-likeness (QED) is 0.708. The maximum Gasteiger partial charge on any atom is 0.222 e. The van der Waals surface area contributed by atoms with Crippen LogP contribution in [0.25, 0.3) is 0 Å². The fourth-order valence-electron chi connectivity index (χ4n) is 2.50. The Morgan fingerprint density at radius 1 is 1.35 bits per heavy atom. The van der Waals surface area contributed by atoms with E-state index in [2.05, 4.69) is 25.7 Å². The standard InChI is InChI=1S/C14H28N2O/c1-4-16(13-6-7-13)14(17)8-5-12(9-10-15)11(2)3/h11-13H,4-10,15H2,1-3H3. The van der Waals surface area contributed by atoms with Crippen LogP contribution in [0.4, 0.5) is 0 Å². The van der Waals surface area contributed by atoms with E-state index in [0.29, 0.717) is 30.2 Å². The molecule has 0 bridgehead atoms. The number of hydrogen-bond acceptors (Lipinski definition) is 2. The maximum atomic E-state index is 12.1. The molecular weight excluding hydrogens is 212 g/mol. The van der Waals surface area contributed by atoms with Gasteiger partial charge in [0.25, 0.3) is 0 Å². The monoisotopic (exact) mass is 240 g/mol. The molecule has 1 saturated carbocycles. The lowest BCUT2D eigenvalue weighted by atomic mass is 9.88. The molecule has 3 nitrogen and oxygen atoms in total. The zero-order chi connectivity index (χ0) is 12.8. The van der Waals surface area contributed by atoms with Crippen molar-refractivity contribution in [2.24, 2.45) is 17.6 Å². The summed E-state index contributed by atoms with van der Waals surface area (Å²) in [4.78, 5) is 14.1. The number of rotatable bonds is 8. The van der Waals surface area contributed by atoms with Crippen molar-refractivity contribution in [3.63, 3.8) is 0 Å². The van der Waals surface area contributed by atoms with Crippen molar-refractivity contribution >= 4 is 5.91 Å². The van der Waals surface area contributed by atoms with E-state index in [1.165, 1.54) is 12.8 Å². The second-order valence-corrected chi connectivity index (χ2v) is 5.53. The molecule has 3 heteroatoms. The third-order valence-electron chi connectivity index (χ3n) is 3.86. The van der Waals surface area contributed by atoms with Crippen molar-refractivity contribution < 1.29 is 4.79 Å². The lowest BCUT2D eigenvalue weighted by Crippen LogP contribution is -2.33. The molecule has 0 aromatic rings. The Hall–Kier alpha value is -0.570. The number of carbonyl (C=O) groups excluding carboxylic acids is 1. The minimum atomic E-state index is 0.345. The largest absolute Gasteiger partial charge is 0.340 e. The van der Waals surface area contributed by atoms with Crippen LogP contribution in [-0.2, 0) is 4.79 Å². The van der Waals surface area contributed by atoms with Gasteiger partial charge >= 0.3 is 0 Å².